The Hall–Kier alpha value is -1.27. The molecule has 118 valence electrons. The Bertz CT molecular complexity index is 587. The first-order chi connectivity index (χ1) is 9.88. The molecular weight excluding hydrogens is 314 g/mol. The molecule has 0 aliphatic rings. The minimum absolute atomic E-state index is 0.0137. The van der Waals surface area contributed by atoms with Gasteiger partial charge in [0.25, 0.3) is 9.05 Å². The largest absolute Gasteiger partial charge is 0.496 e. The zero-order chi connectivity index (χ0) is 15.9. The lowest BCUT2D eigenvalue weighted by molar-refractivity contribution is -0.121. The van der Waals surface area contributed by atoms with E-state index in [1.54, 1.807) is 0 Å². The van der Waals surface area contributed by atoms with Gasteiger partial charge in [0, 0.05) is 29.2 Å². The zero-order valence-electron chi connectivity index (χ0n) is 12.2. The third kappa shape index (κ3) is 5.93. The van der Waals surface area contributed by atoms with E-state index in [0.29, 0.717) is 17.7 Å². The molecule has 0 bridgehead atoms. The lowest BCUT2D eigenvalue weighted by Crippen LogP contribution is -2.22. The minimum atomic E-state index is -3.80. The molecule has 1 amide bonds. The molecule has 0 aliphatic heterocycles. The Labute approximate surface area is 130 Å². The maximum Gasteiger partial charge on any atom is 0.261 e. The standard InChI is InChI=1S/C14H20ClNO4S/c1-3-4-5-6-14(17)16-10-11-9-12(21(15,18)19)7-8-13(11)20-2/h7-9H,3-6,10H2,1-2H3,(H,16,17). The number of hydrogen-bond acceptors (Lipinski definition) is 4. The molecule has 0 saturated carbocycles. The molecule has 0 fully saturated rings. The summed E-state index contributed by atoms with van der Waals surface area (Å²) in [7, 11) is 3.00. The molecule has 0 aromatic heterocycles. The van der Waals surface area contributed by atoms with Gasteiger partial charge in [-0.1, -0.05) is 19.8 Å². The highest BCUT2D eigenvalue weighted by Gasteiger charge is 2.14. The van der Waals surface area contributed by atoms with E-state index in [9.17, 15) is 13.2 Å². The van der Waals surface area contributed by atoms with E-state index in [4.69, 9.17) is 15.4 Å². The smallest absolute Gasteiger partial charge is 0.261 e. The van der Waals surface area contributed by atoms with Gasteiger partial charge in [-0.05, 0) is 24.6 Å². The van der Waals surface area contributed by atoms with Crippen molar-refractivity contribution in [3.8, 4) is 5.75 Å². The number of ether oxygens (including phenoxy) is 1. The second kappa shape index (κ2) is 8.24. The van der Waals surface area contributed by atoms with E-state index in [2.05, 4.69) is 12.2 Å². The Morgan fingerprint density at radius 2 is 2.05 bits per heavy atom. The van der Waals surface area contributed by atoms with Crippen molar-refractivity contribution in [2.75, 3.05) is 7.11 Å². The van der Waals surface area contributed by atoms with Crippen LogP contribution in [-0.2, 0) is 20.4 Å². The van der Waals surface area contributed by atoms with E-state index < -0.39 is 9.05 Å². The molecule has 0 aliphatic carbocycles. The van der Waals surface area contributed by atoms with Crippen LogP contribution in [-0.4, -0.2) is 21.4 Å². The van der Waals surface area contributed by atoms with Gasteiger partial charge in [-0.3, -0.25) is 4.79 Å². The Kier molecular flexibility index (Phi) is 6.98. The number of carbonyl (C=O) groups excluding carboxylic acids is 1. The molecule has 1 N–H and O–H groups in total. The maximum absolute atomic E-state index is 11.7. The molecule has 1 aromatic carbocycles. The molecule has 1 rings (SSSR count). The third-order valence-corrected chi connectivity index (χ3v) is 4.37. The number of carbonyl (C=O) groups is 1. The molecule has 1 aromatic rings. The zero-order valence-corrected chi connectivity index (χ0v) is 13.8. The summed E-state index contributed by atoms with van der Waals surface area (Å²) in [6, 6.07) is 4.30. The summed E-state index contributed by atoms with van der Waals surface area (Å²) in [5.74, 6) is 0.442. The predicted octanol–water partition coefficient (Wildman–Crippen LogP) is 2.82. The summed E-state index contributed by atoms with van der Waals surface area (Å²) in [6.07, 6.45) is 3.37. The van der Waals surface area contributed by atoms with Crippen molar-refractivity contribution >= 4 is 25.6 Å². The summed E-state index contributed by atoms with van der Waals surface area (Å²) >= 11 is 0. The summed E-state index contributed by atoms with van der Waals surface area (Å²) < 4.78 is 27.8. The number of nitrogens with one attached hydrogen (secondary N) is 1. The Balaban J connectivity index is 2.75. The molecule has 5 nitrogen and oxygen atoms in total. The van der Waals surface area contributed by atoms with Gasteiger partial charge in [0.15, 0.2) is 0 Å². The van der Waals surface area contributed by atoms with Crippen molar-refractivity contribution in [2.45, 2.75) is 44.0 Å². The van der Waals surface area contributed by atoms with Crippen molar-refractivity contribution in [2.24, 2.45) is 0 Å². The SMILES string of the molecule is CCCCCC(=O)NCc1cc(S(=O)(=O)Cl)ccc1OC. The number of methoxy groups -OCH3 is 1. The van der Waals surface area contributed by atoms with Crippen molar-refractivity contribution in [1.82, 2.24) is 5.32 Å². The van der Waals surface area contributed by atoms with Crippen LogP contribution in [0.3, 0.4) is 0 Å². The van der Waals surface area contributed by atoms with Crippen molar-refractivity contribution in [1.29, 1.82) is 0 Å². The van der Waals surface area contributed by atoms with E-state index in [1.807, 2.05) is 0 Å². The van der Waals surface area contributed by atoms with Crippen LogP contribution in [0.25, 0.3) is 0 Å². The summed E-state index contributed by atoms with van der Waals surface area (Å²) in [5.41, 5.74) is 0.572. The van der Waals surface area contributed by atoms with Crippen LogP contribution >= 0.6 is 10.7 Å². The van der Waals surface area contributed by atoms with E-state index in [0.717, 1.165) is 19.3 Å². The lowest BCUT2D eigenvalue weighted by Gasteiger charge is -2.11. The monoisotopic (exact) mass is 333 g/mol. The fraction of sp³-hybridized carbons (Fsp3) is 0.500. The number of halogens is 1. The number of rotatable bonds is 8. The Morgan fingerprint density at radius 1 is 1.33 bits per heavy atom. The fourth-order valence-corrected chi connectivity index (χ4v) is 2.66. The molecule has 0 radical (unpaired) electrons. The van der Waals surface area contributed by atoms with Gasteiger partial charge in [-0.2, -0.15) is 0 Å². The highest BCUT2D eigenvalue weighted by Crippen LogP contribution is 2.24. The topological polar surface area (TPSA) is 72.5 Å². The second-order valence-electron chi connectivity index (χ2n) is 4.65. The molecular formula is C14H20ClNO4S. The highest BCUT2D eigenvalue weighted by molar-refractivity contribution is 8.13. The summed E-state index contributed by atoms with van der Waals surface area (Å²) in [4.78, 5) is 11.7. The molecule has 7 heteroatoms. The molecule has 0 heterocycles. The van der Waals surface area contributed by atoms with E-state index in [1.165, 1.54) is 25.3 Å². The number of unbranched alkanes of at least 4 members (excludes halogenated alkanes) is 2. The van der Waals surface area contributed by atoms with Crippen molar-refractivity contribution in [3.05, 3.63) is 23.8 Å². The summed E-state index contributed by atoms with van der Waals surface area (Å²) in [6.45, 7) is 2.27. The van der Waals surface area contributed by atoms with Gasteiger partial charge in [0.2, 0.25) is 5.91 Å². The first-order valence-electron chi connectivity index (χ1n) is 6.76. The number of benzene rings is 1. The lowest BCUT2D eigenvalue weighted by atomic mass is 10.1. The van der Waals surface area contributed by atoms with Gasteiger partial charge in [0.1, 0.15) is 5.75 Å². The van der Waals surface area contributed by atoms with Crippen LogP contribution in [0.1, 0.15) is 38.2 Å². The van der Waals surface area contributed by atoms with Crippen molar-refractivity contribution < 1.29 is 17.9 Å². The molecule has 0 atom stereocenters. The molecule has 0 spiro atoms. The molecule has 0 unspecified atom stereocenters. The highest BCUT2D eigenvalue weighted by atomic mass is 35.7. The van der Waals surface area contributed by atoms with Gasteiger partial charge in [0.05, 0.1) is 12.0 Å². The van der Waals surface area contributed by atoms with Crippen LogP contribution in [0.4, 0.5) is 0 Å². The van der Waals surface area contributed by atoms with E-state index >= 15 is 0 Å². The molecule has 0 saturated heterocycles. The average molecular weight is 334 g/mol. The van der Waals surface area contributed by atoms with Gasteiger partial charge in [-0.25, -0.2) is 8.42 Å². The predicted molar refractivity (Wildman–Crippen MR) is 82.0 cm³/mol. The molecule has 21 heavy (non-hydrogen) atoms. The van der Waals surface area contributed by atoms with Gasteiger partial charge < -0.3 is 10.1 Å². The number of hydrogen-bond donors (Lipinski definition) is 1. The quantitative estimate of drug-likeness (QED) is 0.586. The first-order valence-corrected chi connectivity index (χ1v) is 9.07. The van der Waals surface area contributed by atoms with Crippen LogP contribution in [0.15, 0.2) is 23.1 Å². The number of amides is 1. The Morgan fingerprint density at radius 3 is 2.62 bits per heavy atom. The van der Waals surface area contributed by atoms with Gasteiger partial charge >= 0.3 is 0 Å². The second-order valence-corrected chi connectivity index (χ2v) is 7.21. The van der Waals surface area contributed by atoms with Crippen LogP contribution in [0.2, 0.25) is 0 Å². The maximum atomic E-state index is 11.7. The average Bonchev–Trinajstić information content (AvgIpc) is 2.44. The van der Waals surface area contributed by atoms with Crippen LogP contribution < -0.4 is 10.1 Å². The minimum Gasteiger partial charge on any atom is -0.496 e. The first kappa shape index (κ1) is 17.8. The normalized spacial score (nSPS) is 11.2. The van der Waals surface area contributed by atoms with Gasteiger partial charge in [-0.15, -0.1) is 0 Å². The van der Waals surface area contributed by atoms with Crippen molar-refractivity contribution in [3.63, 3.8) is 0 Å². The van der Waals surface area contributed by atoms with Crippen LogP contribution in [0, 0.1) is 0 Å². The van der Waals surface area contributed by atoms with E-state index in [-0.39, 0.29) is 17.3 Å². The fourth-order valence-electron chi connectivity index (χ4n) is 1.86. The van der Waals surface area contributed by atoms with Crippen LogP contribution in [0.5, 0.6) is 5.75 Å². The summed E-state index contributed by atoms with van der Waals surface area (Å²) in [5, 5.41) is 2.75. The third-order valence-electron chi connectivity index (χ3n) is 3.02.